The van der Waals surface area contributed by atoms with Crippen molar-refractivity contribution in [3.05, 3.63) is 35.2 Å². The third-order valence-electron chi connectivity index (χ3n) is 4.46. The molecular weight excluding hydrogens is 350 g/mol. The lowest BCUT2D eigenvalue weighted by Crippen LogP contribution is -2.44. The molecule has 0 aliphatic heterocycles. The summed E-state index contributed by atoms with van der Waals surface area (Å²) in [5.74, 6) is 2.04. The highest BCUT2D eigenvalue weighted by Gasteiger charge is 2.14. The van der Waals surface area contributed by atoms with Crippen LogP contribution in [-0.4, -0.2) is 35.2 Å². The van der Waals surface area contributed by atoms with E-state index in [2.05, 4.69) is 32.7 Å². The van der Waals surface area contributed by atoms with Gasteiger partial charge < -0.3 is 15.2 Å². The molecule has 1 aliphatic rings. The molecule has 26 heavy (non-hydrogen) atoms. The average Bonchev–Trinajstić information content (AvgIpc) is 3.12. The van der Waals surface area contributed by atoms with Gasteiger partial charge in [0.05, 0.1) is 6.54 Å². The SMILES string of the molecule is CCNC(=NCCc1nc(-c2ccc(Cl)cc2)no1)NC1CCCCC1. The second-order valence-electron chi connectivity index (χ2n) is 6.51. The van der Waals surface area contributed by atoms with E-state index in [-0.39, 0.29) is 0 Å². The molecule has 0 spiro atoms. The molecule has 2 aromatic rings. The van der Waals surface area contributed by atoms with Crippen LogP contribution in [0.3, 0.4) is 0 Å². The lowest BCUT2D eigenvalue weighted by molar-refractivity contribution is 0.380. The number of rotatable bonds is 6. The minimum absolute atomic E-state index is 0.529. The average molecular weight is 376 g/mol. The van der Waals surface area contributed by atoms with E-state index in [1.165, 1.54) is 32.1 Å². The van der Waals surface area contributed by atoms with E-state index < -0.39 is 0 Å². The van der Waals surface area contributed by atoms with Crippen molar-refractivity contribution in [2.45, 2.75) is 51.5 Å². The fourth-order valence-corrected chi connectivity index (χ4v) is 3.22. The molecule has 0 atom stereocenters. The van der Waals surface area contributed by atoms with E-state index in [0.29, 0.717) is 35.7 Å². The van der Waals surface area contributed by atoms with E-state index >= 15 is 0 Å². The lowest BCUT2D eigenvalue weighted by atomic mass is 9.96. The van der Waals surface area contributed by atoms with Crippen molar-refractivity contribution in [1.29, 1.82) is 0 Å². The minimum atomic E-state index is 0.529. The summed E-state index contributed by atoms with van der Waals surface area (Å²) in [6, 6.07) is 7.92. The Bertz CT molecular complexity index is 707. The van der Waals surface area contributed by atoms with Crippen LogP contribution < -0.4 is 10.6 Å². The number of hydrogen-bond donors (Lipinski definition) is 2. The molecule has 1 saturated carbocycles. The predicted octanol–water partition coefficient (Wildman–Crippen LogP) is 3.82. The largest absolute Gasteiger partial charge is 0.357 e. The second kappa shape index (κ2) is 9.57. The van der Waals surface area contributed by atoms with Crippen LogP contribution in [0.25, 0.3) is 11.4 Å². The first kappa shape index (κ1) is 18.7. The van der Waals surface area contributed by atoms with Gasteiger partial charge in [0.1, 0.15) is 0 Å². The Morgan fingerprint density at radius 1 is 1.23 bits per heavy atom. The number of nitrogens with zero attached hydrogens (tertiary/aromatic N) is 3. The quantitative estimate of drug-likeness (QED) is 0.593. The standard InChI is InChI=1S/C19H26ClN5O/c1-2-21-19(23-16-6-4-3-5-7-16)22-13-12-17-24-18(25-26-17)14-8-10-15(20)11-9-14/h8-11,16H,2-7,12-13H2,1H3,(H2,21,22,23). The molecule has 1 fully saturated rings. The van der Waals surface area contributed by atoms with Crippen molar-refractivity contribution in [3.8, 4) is 11.4 Å². The van der Waals surface area contributed by atoms with E-state index in [4.69, 9.17) is 16.1 Å². The Kier molecular flexibility index (Phi) is 6.89. The molecule has 6 nitrogen and oxygen atoms in total. The molecule has 7 heteroatoms. The molecule has 1 heterocycles. The fourth-order valence-electron chi connectivity index (χ4n) is 3.10. The van der Waals surface area contributed by atoms with Crippen LogP contribution in [0.1, 0.15) is 44.9 Å². The van der Waals surface area contributed by atoms with Gasteiger partial charge in [0, 0.05) is 29.6 Å². The highest BCUT2D eigenvalue weighted by atomic mass is 35.5. The summed E-state index contributed by atoms with van der Waals surface area (Å²) in [7, 11) is 0. The van der Waals surface area contributed by atoms with Gasteiger partial charge in [-0.15, -0.1) is 0 Å². The maximum atomic E-state index is 5.91. The van der Waals surface area contributed by atoms with E-state index in [1.807, 2.05) is 24.3 Å². The summed E-state index contributed by atoms with van der Waals surface area (Å²) >= 11 is 5.91. The summed E-state index contributed by atoms with van der Waals surface area (Å²) < 4.78 is 5.34. The van der Waals surface area contributed by atoms with Gasteiger partial charge in [-0.2, -0.15) is 4.98 Å². The zero-order valence-corrected chi connectivity index (χ0v) is 15.9. The number of guanidine groups is 1. The van der Waals surface area contributed by atoms with Crippen LogP contribution in [0, 0.1) is 0 Å². The van der Waals surface area contributed by atoms with Gasteiger partial charge in [-0.1, -0.05) is 36.0 Å². The number of aliphatic imine (C=N–C) groups is 1. The van der Waals surface area contributed by atoms with Gasteiger partial charge in [0.2, 0.25) is 11.7 Å². The van der Waals surface area contributed by atoms with E-state index in [9.17, 15) is 0 Å². The van der Waals surface area contributed by atoms with Crippen molar-refractivity contribution in [2.24, 2.45) is 4.99 Å². The molecule has 0 unspecified atom stereocenters. The third kappa shape index (κ3) is 5.46. The zero-order valence-electron chi connectivity index (χ0n) is 15.2. The number of nitrogens with one attached hydrogen (secondary N) is 2. The molecule has 1 aliphatic carbocycles. The van der Waals surface area contributed by atoms with Crippen molar-refractivity contribution >= 4 is 17.6 Å². The van der Waals surface area contributed by atoms with Crippen LogP contribution in [0.4, 0.5) is 0 Å². The van der Waals surface area contributed by atoms with Crippen molar-refractivity contribution in [1.82, 2.24) is 20.8 Å². The van der Waals surface area contributed by atoms with Gasteiger partial charge in [0.15, 0.2) is 5.96 Å². The lowest BCUT2D eigenvalue weighted by Gasteiger charge is -2.24. The first-order valence-corrected chi connectivity index (χ1v) is 9.76. The summed E-state index contributed by atoms with van der Waals surface area (Å²) in [6.45, 7) is 3.53. The van der Waals surface area contributed by atoms with Crippen LogP contribution in [0.5, 0.6) is 0 Å². The molecule has 1 aromatic carbocycles. The fraction of sp³-hybridized carbons (Fsp3) is 0.526. The van der Waals surface area contributed by atoms with Gasteiger partial charge in [-0.25, -0.2) is 0 Å². The molecule has 2 N–H and O–H groups in total. The normalized spacial score (nSPS) is 15.8. The van der Waals surface area contributed by atoms with Gasteiger partial charge in [-0.3, -0.25) is 4.99 Å². The molecule has 0 saturated heterocycles. The number of aromatic nitrogens is 2. The van der Waals surface area contributed by atoms with Gasteiger partial charge in [-0.05, 0) is 44.0 Å². The highest BCUT2D eigenvalue weighted by Crippen LogP contribution is 2.19. The predicted molar refractivity (Wildman–Crippen MR) is 104 cm³/mol. The van der Waals surface area contributed by atoms with Crippen molar-refractivity contribution < 1.29 is 4.52 Å². The number of hydrogen-bond acceptors (Lipinski definition) is 4. The minimum Gasteiger partial charge on any atom is -0.357 e. The first-order valence-electron chi connectivity index (χ1n) is 9.38. The van der Waals surface area contributed by atoms with Crippen molar-refractivity contribution in [3.63, 3.8) is 0 Å². The molecular formula is C19H26ClN5O. The van der Waals surface area contributed by atoms with E-state index in [1.54, 1.807) is 0 Å². The zero-order chi connectivity index (χ0) is 18.2. The summed E-state index contributed by atoms with van der Waals surface area (Å²) in [5.41, 5.74) is 0.889. The van der Waals surface area contributed by atoms with Gasteiger partial charge in [0.25, 0.3) is 0 Å². The van der Waals surface area contributed by atoms with E-state index in [0.717, 1.165) is 18.1 Å². The smallest absolute Gasteiger partial charge is 0.228 e. The third-order valence-corrected chi connectivity index (χ3v) is 4.71. The van der Waals surface area contributed by atoms with Gasteiger partial charge >= 0.3 is 0 Å². The summed E-state index contributed by atoms with van der Waals surface area (Å²) in [5, 5.41) is 11.6. The summed E-state index contributed by atoms with van der Waals surface area (Å²) in [4.78, 5) is 9.08. The maximum absolute atomic E-state index is 5.91. The molecule has 140 valence electrons. The van der Waals surface area contributed by atoms with Crippen LogP contribution in [0.2, 0.25) is 5.02 Å². The topological polar surface area (TPSA) is 75.3 Å². The molecule has 1 aromatic heterocycles. The Hall–Kier alpha value is -2.08. The monoisotopic (exact) mass is 375 g/mol. The highest BCUT2D eigenvalue weighted by molar-refractivity contribution is 6.30. The van der Waals surface area contributed by atoms with Crippen LogP contribution >= 0.6 is 11.6 Å². The Labute approximate surface area is 159 Å². The second-order valence-corrected chi connectivity index (χ2v) is 6.94. The molecule has 3 rings (SSSR count). The van der Waals surface area contributed by atoms with Crippen LogP contribution in [0.15, 0.2) is 33.8 Å². The number of benzene rings is 1. The Morgan fingerprint density at radius 3 is 2.73 bits per heavy atom. The molecule has 0 amide bonds. The maximum Gasteiger partial charge on any atom is 0.228 e. The molecule has 0 bridgehead atoms. The Morgan fingerprint density at radius 2 is 2.00 bits per heavy atom. The first-order chi connectivity index (χ1) is 12.7. The van der Waals surface area contributed by atoms with Crippen LogP contribution in [-0.2, 0) is 6.42 Å². The number of halogens is 1. The Balaban J connectivity index is 1.54. The summed E-state index contributed by atoms with van der Waals surface area (Å²) in [6.07, 6.45) is 7.00. The van der Waals surface area contributed by atoms with Crippen molar-refractivity contribution in [2.75, 3.05) is 13.1 Å². The molecule has 0 radical (unpaired) electrons.